The van der Waals surface area contributed by atoms with E-state index in [0.717, 1.165) is 51.4 Å². The van der Waals surface area contributed by atoms with E-state index in [-0.39, 0.29) is 34.1 Å². The zero-order valence-electron chi connectivity index (χ0n) is 23.3. The predicted octanol–water partition coefficient (Wildman–Crippen LogP) is 7.94. The molecular weight excluding hydrogens is 503 g/mol. The number of carbonyl (C=O) groups is 2. The number of unbranched alkanes of at least 4 members (excludes halogenated alkanes) is 4. The molecule has 0 saturated carbocycles. The van der Waals surface area contributed by atoms with Gasteiger partial charge in [0.2, 0.25) is 18.8 Å². The molecule has 0 heterocycles. The topological polar surface area (TPSA) is 88.1 Å². The van der Waals surface area contributed by atoms with E-state index >= 15 is 0 Å². The van der Waals surface area contributed by atoms with E-state index in [0.29, 0.717) is 26.4 Å². The second kappa shape index (κ2) is 17.7. The molecule has 0 aliphatic rings. The Balaban J connectivity index is 2.46. The second-order valence-corrected chi connectivity index (χ2v) is 10.6. The van der Waals surface area contributed by atoms with Crippen molar-refractivity contribution >= 4 is 18.8 Å². The summed E-state index contributed by atoms with van der Waals surface area (Å²) >= 11 is 0. The summed E-state index contributed by atoms with van der Waals surface area (Å²) in [6, 6.07) is 10.1. The zero-order valence-corrected chi connectivity index (χ0v) is 24.3. The minimum Gasteiger partial charge on any atom is -0.493 e. The summed E-state index contributed by atoms with van der Waals surface area (Å²) in [6.07, 6.45) is 6.85. The lowest BCUT2D eigenvalue weighted by Crippen LogP contribution is -2.11. The van der Waals surface area contributed by atoms with E-state index in [1.807, 2.05) is 27.7 Å². The molecule has 2 rings (SSSR count). The fraction of sp³-hybridized carbons (Fsp3) is 0.533. The molecule has 0 aromatic heterocycles. The third-order valence-corrected chi connectivity index (χ3v) is 7.19. The van der Waals surface area contributed by atoms with Crippen LogP contribution < -0.4 is 18.9 Å². The van der Waals surface area contributed by atoms with Crippen molar-refractivity contribution in [1.82, 2.24) is 0 Å². The van der Waals surface area contributed by atoms with Gasteiger partial charge in [-0.3, -0.25) is 9.59 Å². The summed E-state index contributed by atoms with van der Waals surface area (Å²) in [5.41, 5.74) is -1.48. The lowest BCUT2D eigenvalue weighted by atomic mass is 10.2. The van der Waals surface area contributed by atoms with Gasteiger partial charge in [0.25, 0.3) is 0 Å². The molecule has 210 valence electrons. The number of rotatable bonds is 20. The minimum absolute atomic E-state index is 0.0507. The molecule has 0 aliphatic heterocycles. The van der Waals surface area contributed by atoms with Crippen molar-refractivity contribution in [2.45, 2.75) is 79.1 Å². The Morgan fingerprint density at radius 3 is 1.05 bits per heavy atom. The van der Waals surface area contributed by atoms with Gasteiger partial charge >= 0.3 is 0 Å². The molecule has 0 fully saturated rings. The Morgan fingerprint density at radius 2 is 0.816 bits per heavy atom. The number of hydrogen-bond acceptors (Lipinski definition) is 7. The quantitative estimate of drug-likeness (QED) is 0.123. The first-order valence-electron chi connectivity index (χ1n) is 13.9. The molecular formula is C30H43O7P. The van der Waals surface area contributed by atoms with Crippen LogP contribution in [0.4, 0.5) is 0 Å². The summed E-state index contributed by atoms with van der Waals surface area (Å²) in [5.74, 6) is 1.09. The van der Waals surface area contributed by atoms with Gasteiger partial charge in [0.15, 0.2) is 0 Å². The van der Waals surface area contributed by atoms with Crippen molar-refractivity contribution in [1.29, 1.82) is 0 Å². The van der Waals surface area contributed by atoms with E-state index in [4.69, 9.17) is 18.9 Å². The maximum atomic E-state index is 13.7. The van der Waals surface area contributed by atoms with Gasteiger partial charge in [-0.05, 0) is 49.9 Å². The van der Waals surface area contributed by atoms with Crippen LogP contribution in [-0.2, 0) is 4.57 Å². The molecule has 0 bridgehead atoms. The van der Waals surface area contributed by atoms with E-state index in [2.05, 4.69) is 0 Å². The standard InChI is InChI=1S/C30H43O7P/c1-5-9-19-34-23-15-13-16-24(35-20-10-6-2)27(23)29(31)38(33)30(32)28-25(36-21-11-7-3)17-14-18-26(28)37-22-12-8-4/h13-18,38H,5-12,19-22H2,1-4H3. The normalized spacial score (nSPS) is 10.9. The molecule has 0 aliphatic carbocycles. The molecule has 0 amide bonds. The average molecular weight is 547 g/mol. The van der Waals surface area contributed by atoms with Crippen LogP contribution in [0.1, 0.15) is 99.8 Å². The monoisotopic (exact) mass is 546 g/mol. The second-order valence-electron chi connectivity index (χ2n) is 9.05. The third-order valence-electron chi connectivity index (χ3n) is 5.86. The highest BCUT2D eigenvalue weighted by molar-refractivity contribution is 7.80. The molecule has 0 atom stereocenters. The van der Waals surface area contributed by atoms with Crippen LogP contribution in [0.3, 0.4) is 0 Å². The molecule has 0 saturated heterocycles. The van der Waals surface area contributed by atoms with E-state index in [1.165, 1.54) is 0 Å². The van der Waals surface area contributed by atoms with E-state index < -0.39 is 18.8 Å². The maximum absolute atomic E-state index is 13.7. The maximum Gasteiger partial charge on any atom is 0.233 e. The first-order chi connectivity index (χ1) is 18.5. The Morgan fingerprint density at radius 1 is 0.553 bits per heavy atom. The van der Waals surface area contributed by atoms with Crippen molar-refractivity contribution in [3.05, 3.63) is 47.5 Å². The van der Waals surface area contributed by atoms with Crippen molar-refractivity contribution in [3.63, 3.8) is 0 Å². The lowest BCUT2D eigenvalue weighted by molar-refractivity contribution is 0.103. The van der Waals surface area contributed by atoms with Gasteiger partial charge in [-0.25, -0.2) is 0 Å². The third kappa shape index (κ3) is 9.20. The van der Waals surface area contributed by atoms with Crippen LogP contribution in [0.25, 0.3) is 0 Å². The van der Waals surface area contributed by atoms with E-state index in [9.17, 15) is 14.2 Å². The highest BCUT2D eigenvalue weighted by atomic mass is 31.1. The summed E-state index contributed by atoms with van der Waals surface area (Å²) in [5, 5.41) is 0. The van der Waals surface area contributed by atoms with Crippen LogP contribution >= 0.6 is 7.80 Å². The molecule has 2 aromatic carbocycles. The molecule has 0 radical (unpaired) electrons. The highest BCUT2D eigenvalue weighted by Crippen LogP contribution is 2.43. The minimum atomic E-state index is -3.51. The molecule has 8 heteroatoms. The molecule has 7 nitrogen and oxygen atoms in total. The molecule has 0 N–H and O–H groups in total. The number of hydrogen-bond donors (Lipinski definition) is 0. The Hall–Kier alpha value is -2.79. The van der Waals surface area contributed by atoms with Crippen LogP contribution in [-0.4, -0.2) is 37.5 Å². The van der Waals surface area contributed by atoms with Crippen molar-refractivity contribution in [2.75, 3.05) is 26.4 Å². The summed E-state index contributed by atoms with van der Waals surface area (Å²) in [7, 11) is -3.51. The van der Waals surface area contributed by atoms with Crippen LogP contribution in [0.15, 0.2) is 36.4 Å². The van der Waals surface area contributed by atoms with Gasteiger partial charge in [-0.15, -0.1) is 0 Å². The zero-order chi connectivity index (χ0) is 27.8. The van der Waals surface area contributed by atoms with Crippen LogP contribution in [0.5, 0.6) is 23.0 Å². The summed E-state index contributed by atoms with van der Waals surface area (Å²) in [4.78, 5) is 27.4. The van der Waals surface area contributed by atoms with Gasteiger partial charge in [0, 0.05) is 0 Å². The van der Waals surface area contributed by atoms with Crippen molar-refractivity contribution < 1.29 is 33.1 Å². The number of benzene rings is 2. The Kier molecular flexibility index (Phi) is 14.6. The van der Waals surface area contributed by atoms with Crippen molar-refractivity contribution in [3.8, 4) is 23.0 Å². The summed E-state index contributed by atoms with van der Waals surface area (Å²) < 4.78 is 37.1. The smallest absolute Gasteiger partial charge is 0.233 e. The van der Waals surface area contributed by atoms with Crippen LogP contribution in [0.2, 0.25) is 0 Å². The fourth-order valence-corrected chi connectivity index (χ4v) is 4.74. The number of carbonyl (C=O) groups excluding carboxylic acids is 2. The molecule has 38 heavy (non-hydrogen) atoms. The molecule has 0 unspecified atom stereocenters. The lowest BCUT2D eigenvalue weighted by Gasteiger charge is -2.17. The molecule has 2 aromatic rings. The first kappa shape index (κ1) is 31.4. The average Bonchev–Trinajstić information content (AvgIpc) is 2.93. The van der Waals surface area contributed by atoms with Gasteiger partial charge in [0.05, 0.1) is 26.4 Å². The summed E-state index contributed by atoms with van der Waals surface area (Å²) in [6.45, 7) is 9.74. The van der Waals surface area contributed by atoms with Gasteiger partial charge < -0.3 is 23.5 Å². The van der Waals surface area contributed by atoms with Gasteiger partial charge in [-0.1, -0.05) is 65.5 Å². The SMILES string of the molecule is CCCCOc1cccc(OCCCC)c1C(=O)[PH](=O)C(=O)c1c(OCCCC)cccc1OCCCC. The first-order valence-corrected chi connectivity index (χ1v) is 15.3. The Labute approximate surface area is 228 Å². The predicted molar refractivity (Wildman–Crippen MR) is 152 cm³/mol. The van der Waals surface area contributed by atoms with E-state index in [1.54, 1.807) is 36.4 Å². The van der Waals surface area contributed by atoms with Gasteiger partial charge in [0.1, 0.15) is 34.1 Å². The van der Waals surface area contributed by atoms with Crippen molar-refractivity contribution in [2.24, 2.45) is 0 Å². The number of ether oxygens (including phenoxy) is 4. The van der Waals surface area contributed by atoms with Crippen LogP contribution in [0, 0.1) is 0 Å². The molecule has 0 spiro atoms. The van der Waals surface area contributed by atoms with Gasteiger partial charge in [-0.2, -0.15) is 0 Å². The highest BCUT2D eigenvalue weighted by Gasteiger charge is 2.32. The Bertz CT molecular complexity index is 913. The largest absolute Gasteiger partial charge is 0.493 e. The fourth-order valence-electron chi connectivity index (χ4n) is 3.59.